The average molecular weight is 403 g/mol. The number of thiazole rings is 2. The molecule has 0 unspecified atom stereocenters. The standard InChI is InChI=1S/C19H22N4O2S2/c1-13-16(21-18(27-13)15-7-6-10-25-15)17(24)22-19-20-14(12-26-19)11-23-8-4-2-3-5-9-23/h6-7,10,12H,2-5,8-9,11H2,1H3,(H,20,22,24). The lowest BCUT2D eigenvalue weighted by molar-refractivity contribution is 0.102. The molecule has 1 aliphatic rings. The summed E-state index contributed by atoms with van der Waals surface area (Å²) in [6.07, 6.45) is 6.76. The fourth-order valence-electron chi connectivity index (χ4n) is 3.23. The maximum atomic E-state index is 12.6. The van der Waals surface area contributed by atoms with Gasteiger partial charge in [-0.2, -0.15) is 0 Å². The molecule has 27 heavy (non-hydrogen) atoms. The number of nitrogens with one attached hydrogen (secondary N) is 1. The maximum Gasteiger partial charge on any atom is 0.277 e. The van der Waals surface area contributed by atoms with Gasteiger partial charge in [0, 0.05) is 16.8 Å². The molecule has 3 aromatic rings. The summed E-state index contributed by atoms with van der Waals surface area (Å²) in [4.78, 5) is 25.0. The van der Waals surface area contributed by atoms with E-state index in [1.54, 1.807) is 6.26 Å². The number of anilines is 1. The smallest absolute Gasteiger partial charge is 0.277 e. The lowest BCUT2D eigenvalue weighted by Crippen LogP contribution is -2.24. The molecule has 0 radical (unpaired) electrons. The number of rotatable bonds is 5. The number of furan rings is 1. The van der Waals surface area contributed by atoms with E-state index in [0.29, 0.717) is 21.6 Å². The molecule has 1 saturated heterocycles. The Morgan fingerprint density at radius 1 is 1.26 bits per heavy atom. The molecule has 8 heteroatoms. The largest absolute Gasteiger partial charge is 0.462 e. The molecule has 1 aliphatic heterocycles. The molecule has 1 N–H and O–H groups in total. The first-order valence-corrected chi connectivity index (χ1v) is 10.9. The Balaban J connectivity index is 1.41. The molecule has 1 amide bonds. The monoisotopic (exact) mass is 402 g/mol. The van der Waals surface area contributed by atoms with Gasteiger partial charge in [-0.25, -0.2) is 9.97 Å². The summed E-state index contributed by atoms with van der Waals surface area (Å²) in [5.74, 6) is 0.452. The van der Waals surface area contributed by atoms with Crippen LogP contribution in [0.1, 0.15) is 46.7 Å². The highest BCUT2D eigenvalue weighted by Crippen LogP contribution is 2.28. The summed E-state index contributed by atoms with van der Waals surface area (Å²) in [5, 5.41) is 6.26. The van der Waals surface area contributed by atoms with Gasteiger partial charge in [0.15, 0.2) is 15.9 Å². The zero-order chi connectivity index (χ0) is 18.6. The Labute approximate surface area is 166 Å². The van der Waals surface area contributed by atoms with Crippen LogP contribution >= 0.6 is 22.7 Å². The minimum atomic E-state index is -0.225. The first kappa shape index (κ1) is 18.3. The second-order valence-corrected chi connectivity index (χ2v) is 8.75. The molecule has 1 fully saturated rings. The van der Waals surface area contributed by atoms with Gasteiger partial charge in [0.1, 0.15) is 5.69 Å². The lowest BCUT2D eigenvalue weighted by Gasteiger charge is -2.17. The van der Waals surface area contributed by atoms with E-state index in [0.717, 1.165) is 30.2 Å². The molecule has 0 saturated carbocycles. The van der Waals surface area contributed by atoms with E-state index in [1.165, 1.54) is 48.4 Å². The Hall–Kier alpha value is -2.03. The van der Waals surface area contributed by atoms with Gasteiger partial charge in [0.2, 0.25) is 0 Å². The second kappa shape index (κ2) is 8.33. The number of hydrogen-bond acceptors (Lipinski definition) is 7. The number of aryl methyl sites for hydroxylation is 1. The van der Waals surface area contributed by atoms with Gasteiger partial charge < -0.3 is 4.42 Å². The summed E-state index contributed by atoms with van der Waals surface area (Å²) < 4.78 is 5.37. The number of aromatic nitrogens is 2. The molecule has 0 atom stereocenters. The van der Waals surface area contributed by atoms with Crippen molar-refractivity contribution < 1.29 is 9.21 Å². The van der Waals surface area contributed by atoms with Crippen LogP contribution in [0.3, 0.4) is 0 Å². The third-order valence-electron chi connectivity index (χ3n) is 4.60. The molecular weight excluding hydrogens is 380 g/mol. The summed E-state index contributed by atoms with van der Waals surface area (Å²) in [7, 11) is 0. The summed E-state index contributed by atoms with van der Waals surface area (Å²) in [5.41, 5.74) is 1.44. The van der Waals surface area contributed by atoms with E-state index in [-0.39, 0.29) is 5.91 Å². The zero-order valence-corrected chi connectivity index (χ0v) is 16.9. The van der Waals surface area contributed by atoms with E-state index in [9.17, 15) is 4.79 Å². The molecule has 4 rings (SSSR count). The average Bonchev–Trinajstić information content (AvgIpc) is 3.35. The SMILES string of the molecule is Cc1sc(-c2ccco2)nc1C(=O)Nc1nc(CN2CCCCCC2)cs1. The summed E-state index contributed by atoms with van der Waals surface area (Å²) in [6, 6.07) is 3.66. The lowest BCUT2D eigenvalue weighted by atomic mass is 10.2. The second-order valence-electron chi connectivity index (χ2n) is 6.69. The number of likely N-dealkylation sites (tertiary alicyclic amines) is 1. The topological polar surface area (TPSA) is 71.3 Å². The van der Waals surface area contributed by atoms with Crippen molar-refractivity contribution in [2.75, 3.05) is 18.4 Å². The van der Waals surface area contributed by atoms with Crippen LogP contribution in [0.25, 0.3) is 10.8 Å². The summed E-state index contributed by atoms with van der Waals surface area (Å²) >= 11 is 2.92. The van der Waals surface area contributed by atoms with Crippen LogP contribution in [0.15, 0.2) is 28.2 Å². The van der Waals surface area contributed by atoms with Crippen molar-refractivity contribution in [3.8, 4) is 10.8 Å². The highest BCUT2D eigenvalue weighted by Gasteiger charge is 2.19. The predicted molar refractivity (Wildman–Crippen MR) is 108 cm³/mol. The van der Waals surface area contributed by atoms with Gasteiger partial charge in [-0.05, 0) is 45.0 Å². The fraction of sp³-hybridized carbons (Fsp3) is 0.421. The summed E-state index contributed by atoms with van der Waals surface area (Å²) in [6.45, 7) is 5.01. The Kier molecular flexibility index (Phi) is 5.66. The molecule has 0 aliphatic carbocycles. The molecule has 4 heterocycles. The van der Waals surface area contributed by atoms with Gasteiger partial charge in [-0.15, -0.1) is 22.7 Å². The van der Waals surface area contributed by atoms with E-state index >= 15 is 0 Å². The quantitative estimate of drug-likeness (QED) is 0.664. The maximum absolute atomic E-state index is 12.6. The third kappa shape index (κ3) is 4.45. The number of nitrogens with zero attached hydrogens (tertiary/aromatic N) is 3. The molecule has 6 nitrogen and oxygen atoms in total. The highest BCUT2D eigenvalue weighted by atomic mass is 32.1. The predicted octanol–water partition coefficient (Wildman–Crippen LogP) is 4.80. The van der Waals surface area contributed by atoms with Crippen LogP contribution in [0.2, 0.25) is 0 Å². The van der Waals surface area contributed by atoms with Crippen molar-refractivity contribution in [1.29, 1.82) is 0 Å². The van der Waals surface area contributed by atoms with Crippen molar-refractivity contribution in [3.63, 3.8) is 0 Å². The van der Waals surface area contributed by atoms with Gasteiger partial charge in [0.05, 0.1) is 12.0 Å². The fourth-order valence-corrected chi connectivity index (χ4v) is 4.80. The Bertz CT molecular complexity index is 893. The molecule has 0 bridgehead atoms. The number of amides is 1. The Morgan fingerprint density at radius 3 is 2.81 bits per heavy atom. The van der Waals surface area contributed by atoms with Crippen LogP contribution in [0, 0.1) is 6.92 Å². The van der Waals surface area contributed by atoms with Crippen LogP contribution in [0.4, 0.5) is 5.13 Å². The van der Waals surface area contributed by atoms with Crippen molar-refractivity contribution >= 4 is 33.7 Å². The molecule has 0 aromatic carbocycles. The van der Waals surface area contributed by atoms with Crippen LogP contribution in [0.5, 0.6) is 0 Å². The van der Waals surface area contributed by atoms with E-state index in [2.05, 4.69) is 20.2 Å². The number of hydrogen-bond donors (Lipinski definition) is 1. The molecule has 142 valence electrons. The number of carbonyl (C=O) groups is 1. The minimum Gasteiger partial charge on any atom is -0.462 e. The minimum absolute atomic E-state index is 0.225. The molecule has 0 spiro atoms. The van der Waals surface area contributed by atoms with Crippen LogP contribution in [-0.4, -0.2) is 33.9 Å². The van der Waals surface area contributed by atoms with Crippen molar-refractivity contribution in [2.45, 2.75) is 39.2 Å². The van der Waals surface area contributed by atoms with Gasteiger partial charge in [0.25, 0.3) is 5.91 Å². The van der Waals surface area contributed by atoms with Crippen LogP contribution in [-0.2, 0) is 6.54 Å². The number of carbonyl (C=O) groups excluding carboxylic acids is 1. The molecular formula is C19H22N4O2S2. The van der Waals surface area contributed by atoms with Crippen LogP contribution < -0.4 is 5.32 Å². The zero-order valence-electron chi connectivity index (χ0n) is 15.2. The normalized spacial score (nSPS) is 15.6. The van der Waals surface area contributed by atoms with E-state index < -0.39 is 0 Å². The van der Waals surface area contributed by atoms with Gasteiger partial charge >= 0.3 is 0 Å². The first-order chi connectivity index (χ1) is 13.2. The van der Waals surface area contributed by atoms with E-state index in [4.69, 9.17) is 4.42 Å². The highest BCUT2D eigenvalue weighted by molar-refractivity contribution is 7.15. The first-order valence-electron chi connectivity index (χ1n) is 9.18. The van der Waals surface area contributed by atoms with Crippen molar-refractivity contribution in [1.82, 2.24) is 14.9 Å². The van der Waals surface area contributed by atoms with Gasteiger partial charge in [-0.3, -0.25) is 15.0 Å². The van der Waals surface area contributed by atoms with Gasteiger partial charge in [-0.1, -0.05) is 12.8 Å². The molecule has 3 aromatic heterocycles. The Morgan fingerprint density at radius 2 is 2.07 bits per heavy atom. The van der Waals surface area contributed by atoms with E-state index in [1.807, 2.05) is 24.4 Å². The van der Waals surface area contributed by atoms with Crippen molar-refractivity contribution in [3.05, 3.63) is 40.0 Å². The third-order valence-corrected chi connectivity index (χ3v) is 6.39. The van der Waals surface area contributed by atoms with Crippen molar-refractivity contribution in [2.24, 2.45) is 0 Å².